The summed E-state index contributed by atoms with van der Waals surface area (Å²) in [4.78, 5) is 52.0. The highest BCUT2D eigenvalue weighted by Crippen LogP contribution is 2.42. The van der Waals surface area contributed by atoms with Crippen LogP contribution in [0.5, 0.6) is 11.5 Å². The van der Waals surface area contributed by atoms with Crippen molar-refractivity contribution in [3.63, 3.8) is 0 Å². The zero-order chi connectivity index (χ0) is 34.9. The van der Waals surface area contributed by atoms with Crippen LogP contribution >= 0.6 is 69.6 Å². The number of carbonyl (C=O) groups excluding carboxylic acids is 4. The minimum Gasteiger partial charge on any atom is -0.462 e. The van der Waals surface area contributed by atoms with Crippen LogP contribution in [0.4, 0.5) is 0 Å². The molecule has 0 N–H and O–H groups in total. The molecule has 2 aromatic carbocycles. The molecule has 8 nitrogen and oxygen atoms in total. The number of carbonyl (C=O) groups is 4. The number of hydrogen-bond donors (Lipinski definition) is 0. The number of benzene rings is 2. The van der Waals surface area contributed by atoms with E-state index < -0.39 is 46.5 Å². The first-order valence-corrected chi connectivity index (χ1v) is 16.9. The van der Waals surface area contributed by atoms with Crippen LogP contribution in [-0.2, 0) is 19.1 Å². The molecule has 0 saturated heterocycles. The van der Waals surface area contributed by atoms with Gasteiger partial charge in [0.25, 0.3) is 0 Å². The average Bonchev–Trinajstić information content (AvgIpc) is 3.01. The Morgan fingerprint density at radius 2 is 0.891 bits per heavy atom. The fraction of sp³-hybridized carbons (Fsp3) is 0.500. The third-order valence-electron chi connectivity index (χ3n) is 8.06. The van der Waals surface area contributed by atoms with Gasteiger partial charge < -0.3 is 18.9 Å². The first-order valence-electron chi connectivity index (χ1n) is 14.7. The molecule has 46 heavy (non-hydrogen) atoms. The molecular formula is C32H36Cl6O8. The summed E-state index contributed by atoms with van der Waals surface area (Å²) in [6.45, 7) is 12.4. The largest absolute Gasteiger partial charge is 0.462 e. The summed E-state index contributed by atoms with van der Waals surface area (Å²) >= 11 is 37.3. The lowest BCUT2D eigenvalue weighted by Crippen LogP contribution is -2.27. The first-order chi connectivity index (χ1) is 21.5. The van der Waals surface area contributed by atoms with Gasteiger partial charge in [-0.3, -0.25) is 0 Å². The second-order valence-corrected chi connectivity index (χ2v) is 13.5. The Balaban J connectivity index is 2.30. The average molecular weight is 761 g/mol. The van der Waals surface area contributed by atoms with Crippen molar-refractivity contribution in [1.29, 1.82) is 0 Å². The molecule has 0 fully saturated rings. The van der Waals surface area contributed by atoms with E-state index >= 15 is 0 Å². The molecule has 0 bridgehead atoms. The Labute approximate surface area is 299 Å². The fourth-order valence-electron chi connectivity index (χ4n) is 4.18. The molecule has 0 amide bonds. The summed E-state index contributed by atoms with van der Waals surface area (Å²) in [5, 5.41) is -1.53. The molecule has 0 aromatic heterocycles. The van der Waals surface area contributed by atoms with Gasteiger partial charge in [0.15, 0.2) is 11.5 Å². The topological polar surface area (TPSA) is 105 Å². The van der Waals surface area contributed by atoms with Gasteiger partial charge in [-0.05, 0) is 48.6 Å². The normalized spacial score (nSPS) is 13.7. The van der Waals surface area contributed by atoms with Gasteiger partial charge in [0, 0.05) is 0 Å². The number of hydrogen-bond acceptors (Lipinski definition) is 8. The molecule has 2 aromatic rings. The van der Waals surface area contributed by atoms with Crippen molar-refractivity contribution in [2.75, 3.05) is 13.2 Å². The van der Waals surface area contributed by atoms with Crippen molar-refractivity contribution in [2.24, 2.45) is 23.7 Å². The highest BCUT2D eigenvalue weighted by molar-refractivity contribution is 6.47. The molecule has 2 rings (SSSR count). The third-order valence-corrected chi connectivity index (χ3v) is 10.2. The predicted octanol–water partition coefficient (Wildman–Crippen LogP) is 10.6. The van der Waals surface area contributed by atoms with Gasteiger partial charge in [-0.2, -0.15) is 0 Å². The maximum absolute atomic E-state index is 13.0. The van der Waals surface area contributed by atoms with E-state index in [1.807, 2.05) is 13.8 Å². The lowest BCUT2D eigenvalue weighted by molar-refractivity contribution is -0.156. The molecule has 0 spiro atoms. The lowest BCUT2D eigenvalue weighted by Gasteiger charge is -2.19. The molecule has 14 heteroatoms. The maximum Gasteiger partial charge on any atom is 0.423 e. The maximum atomic E-state index is 13.0. The molecule has 0 radical (unpaired) electrons. The van der Waals surface area contributed by atoms with E-state index in [0.29, 0.717) is 24.7 Å². The molecular weight excluding hydrogens is 725 g/mol. The SMILES string of the molecule is CCC(C)C(C)CCOC(=O)c1c(Cl)c(Cl)cc(Cl)c1OC(=O)C(=O)Oc1c(Cl)cc(Cl)c(Cl)c1C(=O)OCCC(C)C(C)CC. The molecule has 254 valence electrons. The summed E-state index contributed by atoms with van der Waals surface area (Å²) < 4.78 is 21.1. The molecule has 0 aliphatic heterocycles. The standard InChI is InChI=1S/C32H36Cl6O8/c1-7-15(3)17(5)9-11-43-29(39)23-25(37)19(33)13-21(35)27(23)45-31(41)32(42)46-28-22(36)14-20(34)26(38)24(28)30(40)44-12-10-18(6)16(4)8-2/h13-18H,7-12H2,1-6H3. The van der Waals surface area contributed by atoms with Crippen LogP contribution in [0, 0.1) is 23.7 Å². The summed E-state index contributed by atoms with van der Waals surface area (Å²) in [7, 11) is 0. The molecule has 4 unspecified atom stereocenters. The van der Waals surface area contributed by atoms with E-state index in [1.54, 1.807) is 0 Å². The van der Waals surface area contributed by atoms with E-state index in [-0.39, 0.29) is 55.2 Å². The van der Waals surface area contributed by atoms with Crippen LogP contribution in [-0.4, -0.2) is 37.1 Å². The van der Waals surface area contributed by atoms with Gasteiger partial charge in [0.2, 0.25) is 0 Å². The van der Waals surface area contributed by atoms with E-state index in [1.165, 1.54) is 0 Å². The monoisotopic (exact) mass is 758 g/mol. The van der Waals surface area contributed by atoms with Crippen molar-refractivity contribution < 1.29 is 38.1 Å². The van der Waals surface area contributed by atoms with Crippen LogP contribution < -0.4 is 9.47 Å². The van der Waals surface area contributed by atoms with Crippen molar-refractivity contribution in [1.82, 2.24) is 0 Å². The van der Waals surface area contributed by atoms with Crippen molar-refractivity contribution in [3.8, 4) is 11.5 Å². The fourth-order valence-corrected chi connectivity index (χ4v) is 5.62. The Hall–Kier alpha value is -1.94. The second-order valence-electron chi connectivity index (χ2n) is 11.1. The summed E-state index contributed by atoms with van der Waals surface area (Å²) in [5.74, 6) is -5.14. The van der Waals surface area contributed by atoms with Crippen LogP contribution in [0.15, 0.2) is 12.1 Å². The van der Waals surface area contributed by atoms with E-state index in [9.17, 15) is 19.2 Å². The van der Waals surface area contributed by atoms with Crippen LogP contribution in [0.1, 0.15) is 87.9 Å². The summed E-state index contributed by atoms with van der Waals surface area (Å²) in [6, 6.07) is 2.24. The Morgan fingerprint density at radius 3 is 1.20 bits per heavy atom. The van der Waals surface area contributed by atoms with Gasteiger partial charge >= 0.3 is 23.9 Å². The van der Waals surface area contributed by atoms with E-state index in [2.05, 4.69) is 27.7 Å². The number of ether oxygens (including phenoxy) is 4. The van der Waals surface area contributed by atoms with Gasteiger partial charge in [-0.25, -0.2) is 19.2 Å². The minimum absolute atomic E-state index is 0.0332. The van der Waals surface area contributed by atoms with E-state index in [0.717, 1.165) is 25.0 Å². The van der Waals surface area contributed by atoms with E-state index in [4.69, 9.17) is 88.6 Å². The predicted molar refractivity (Wildman–Crippen MR) is 181 cm³/mol. The Morgan fingerprint density at radius 1 is 0.565 bits per heavy atom. The van der Waals surface area contributed by atoms with Crippen molar-refractivity contribution in [2.45, 2.75) is 67.2 Å². The third kappa shape index (κ3) is 10.5. The van der Waals surface area contributed by atoms with Gasteiger partial charge in [-0.15, -0.1) is 0 Å². The first kappa shape index (κ1) is 40.2. The zero-order valence-electron chi connectivity index (χ0n) is 26.2. The zero-order valence-corrected chi connectivity index (χ0v) is 30.8. The highest BCUT2D eigenvalue weighted by Gasteiger charge is 2.32. The molecule has 0 saturated carbocycles. The summed E-state index contributed by atoms with van der Waals surface area (Å²) in [6.07, 6.45) is 3.02. The number of halogens is 6. The van der Waals surface area contributed by atoms with Gasteiger partial charge in [-0.1, -0.05) is 124 Å². The minimum atomic E-state index is -1.65. The number of rotatable bonds is 14. The Bertz CT molecular complexity index is 1340. The quantitative estimate of drug-likeness (QED) is 0.0811. The summed E-state index contributed by atoms with van der Waals surface area (Å²) in [5.41, 5.74) is -0.945. The molecule has 0 heterocycles. The highest BCUT2D eigenvalue weighted by atomic mass is 35.5. The van der Waals surface area contributed by atoms with Gasteiger partial charge in [0.05, 0.1) is 43.3 Å². The van der Waals surface area contributed by atoms with Crippen LogP contribution in [0.25, 0.3) is 0 Å². The molecule has 0 aliphatic carbocycles. The van der Waals surface area contributed by atoms with Crippen LogP contribution in [0.3, 0.4) is 0 Å². The van der Waals surface area contributed by atoms with Crippen LogP contribution in [0.2, 0.25) is 30.1 Å². The van der Waals surface area contributed by atoms with Gasteiger partial charge in [0.1, 0.15) is 11.1 Å². The lowest BCUT2D eigenvalue weighted by atomic mass is 9.91. The van der Waals surface area contributed by atoms with Crippen molar-refractivity contribution >= 4 is 93.5 Å². The van der Waals surface area contributed by atoms with Crippen molar-refractivity contribution in [3.05, 3.63) is 53.4 Å². The smallest absolute Gasteiger partial charge is 0.423 e. The Kier molecular flexibility index (Phi) is 16.2. The molecule has 4 atom stereocenters. The number of esters is 4. The second kappa shape index (κ2) is 18.6. The molecule has 0 aliphatic rings.